The summed E-state index contributed by atoms with van der Waals surface area (Å²) in [5, 5.41) is 8.23. The van der Waals surface area contributed by atoms with E-state index in [9.17, 15) is 4.39 Å². The molecule has 0 spiro atoms. The minimum absolute atomic E-state index is 0.0700. The van der Waals surface area contributed by atoms with Crippen LogP contribution in [0.4, 0.5) is 10.2 Å². The molecular formula is C17H15ClFN7. The van der Waals surface area contributed by atoms with Crippen LogP contribution in [-0.2, 0) is 0 Å². The third kappa shape index (κ3) is 2.77. The van der Waals surface area contributed by atoms with Crippen LogP contribution in [0.15, 0.2) is 29.6 Å². The molecule has 1 aliphatic rings. The number of hydrogen-bond acceptors (Lipinski definition) is 4. The molecule has 1 aromatic carbocycles. The summed E-state index contributed by atoms with van der Waals surface area (Å²) in [6.07, 6.45) is 6.58. The molecule has 0 unspecified atom stereocenters. The largest absolute Gasteiger partial charge is 0.252 e. The van der Waals surface area contributed by atoms with Crippen molar-refractivity contribution in [2.24, 2.45) is 5.11 Å². The fourth-order valence-corrected chi connectivity index (χ4v) is 3.95. The summed E-state index contributed by atoms with van der Waals surface area (Å²) in [7, 11) is 0. The first kappa shape index (κ1) is 16.8. The van der Waals surface area contributed by atoms with Gasteiger partial charge in [0.2, 0.25) is 0 Å². The van der Waals surface area contributed by atoms with Crippen molar-refractivity contribution in [1.82, 2.24) is 19.6 Å². The zero-order chi connectivity index (χ0) is 18.1. The lowest BCUT2D eigenvalue weighted by Gasteiger charge is -2.25. The Labute approximate surface area is 153 Å². The van der Waals surface area contributed by atoms with E-state index >= 15 is 0 Å². The van der Waals surface area contributed by atoms with Crippen molar-refractivity contribution in [3.63, 3.8) is 0 Å². The number of benzene rings is 1. The molecule has 9 heteroatoms. The van der Waals surface area contributed by atoms with Gasteiger partial charge in [0.1, 0.15) is 18.0 Å². The molecule has 0 saturated heterocycles. The van der Waals surface area contributed by atoms with Crippen LogP contribution < -0.4 is 0 Å². The summed E-state index contributed by atoms with van der Waals surface area (Å²) in [6, 6.07) is 4.48. The summed E-state index contributed by atoms with van der Waals surface area (Å²) in [6.45, 7) is 0. The van der Waals surface area contributed by atoms with Gasteiger partial charge in [-0.3, -0.25) is 0 Å². The summed E-state index contributed by atoms with van der Waals surface area (Å²) in [4.78, 5) is 11.3. The maximum absolute atomic E-state index is 14.7. The van der Waals surface area contributed by atoms with E-state index in [1.54, 1.807) is 10.6 Å². The van der Waals surface area contributed by atoms with Gasteiger partial charge in [-0.15, -0.1) is 0 Å². The van der Waals surface area contributed by atoms with Crippen molar-refractivity contribution in [2.75, 3.05) is 0 Å². The molecule has 4 rings (SSSR count). The van der Waals surface area contributed by atoms with Gasteiger partial charge in [0.15, 0.2) is 0 Å². The van der Waals surface area contributed by atoms with Gasteiger partial charge in [0.25, 0.3) is 5.78 Å². The highest BCUT2D eigenvalue weighted by Crippen LogP contribution is 2.44. The minimum Gasteiger partial charge on any atom is -0.209 e. The zero-order valence-corrected chi connectivity index (χ0v) is 14.6. The van der Waals surface area contributed by atoms with E-state index in [1.807, 2.05) is 0 Å². The molecule has 1 saturated carbocycles. The first-order chi connectivity index (χ1) is 12.7. The summed E-state index contributed by atoms with van der Waals surface area (Å²) in [5.41, 5.74) is 10.3. The van der Waals surface area contributed by atoms with Crippen LogP contribution in [0.25, 0.3) is 27.3 Å². The van der Waals surface area contributed by atoms with Crippen molar-refractivity contribution in [1.29, 1.82) is 0 Å². The molecule has 0 amide bonds. The van der Waals surface area contributed by atoms with Gasteiger partial charge in [-0.05, 0) is 35.6 Å². The van der Waals surface area contributed by atoms with Crippen LogP contribution in [0, 0.1) is 5.82 Å². The zero-order valence-electron chi connectivity index (χ0n) is 13.8. The number of nitrogens with zero attached hydrogens (tertiary/aromatic N) is 7. The Morgan fingerprint density at radius 1 is 1.23 bits per heavy atom. The molecule has 7 nitrogen and oxygen atoms in total. The van der Waals surface area contributed by atoms with Crippen molar-refractivity contribution < 1.29 is 4.39 Å². The third-order valence-corrected chi connectivity index (χ3v) is 5.10. The van der Waals surface area contributed by atoms with E-state index in [4.69, 9.17) is 17.1 Å². The van der Waals surface area contributed by atoms with E-state index in [2.05, 4.69) is 25.1 Å². The van der Waals surface area contributed by atoms with Gasteiger partial charge in [-0.2, -0.15) is 10.1 Å². The van der Waals surface area contributed by atoms with E-state index < -0.39 is 5.82 Å². The Morgan fingerprint density at radius 3 is 2.77 bits per heavy atom. The number of fused-ring (bicyclic) bond motifs is 1. The second-order valence-electron chi connectivity index (χ2n) is 6.29. The molecule has 0 N–H and O–H groups in total. The number of azide groups is 1. The van der Waals surface area contributed by atoms with Crippen LogP contribution in [0.1, 0.15) is 43.7 Å². The molecule has 3 aromatic rings. The SMILES string of the molecule is [N-]=[N+]=Nc1nc2ncnn2c(C2CCCCC2)c1-c1c(F)cccc1Cl. The van der Waals surface area contributed by atoms with Gasteiger partial charge in [-0.1, -0.05) is 36.9 Å². The van der Waals surface area contributed by atoms with Crippen LogP contribution in [0.2, 0.25) is 5.02 Å². The molecule has 0 aliphatic heterocycles. The van der Waals surface area contributed by atoms with Gasteiger partial charge in [-0.25, -0.2) is 13.9 Å². The van der Waals surface area contributed by atoms with Gasteiger partial charge < -0.3 is 0 Å². The number of aromatic nitrogens is 4. The fraction of sp³-hybridized carbons (Fsp3) is 0.353. The molecule has 132 valence electrons. The Morgan fingerprint density at radius 2 is 2.04 bits per heavy atom. The molecule has 1 aliphatic carbocycles. The van der Waals surface area contributed by atoms with Crippen LogP contribution >= 0.6 is 11.6 Å². The lowest BCUT2D eigenvalue weighted by molar-refractivity contribution is 0.431. The Hall–Kier alpha value is -2.70. The van der Waals surface area contributed by atoms with E-state index in [1.165, 1.54) is 24.9 Å². The molecule has 0 atom stereocenters. The first-order valence-corrected chi connectivity index (χ1v) is 8.81. The minimum atomic E-state index is -0.495. The molecule has 2 heterocycles. The average molecular weight is 372 g/mol. The summed E-state index contributed by atoms with van der Waals surface area (Å²) >= 11 is 6.32. The van der Waals surface area contributed by atoms with Crippen molar-refractivity contribution in [3.05, 3.63) is 51.5 Å². The predicted octanol–water partition coefficient (Wildman–Crippen LogP) is 5.57. The standard InChI is InChI=1S/C17H15ClFN7/c18-11-7-4-8-12(19)13(11)14-15(10-5-2-1-3-6-10)26-17(21-9-22-26)23-16(14)24-25-20/h4,7-10H,1-3,5-6H2. The average Bonchev–Trinajstić information content (AvgIpc) is 3.10. The molecule has 2 aromatic heterocycles. The van der Waals surface area contributed by atoms with Crippen LogP contribution in [0.5, 0.6) is 0 Å². The molecule has 0 radical (unpaired) electrons. The second-order valence-corrected chi connectivity index (χ2v) is 6.70. The molecular weight excluding hydrogens is 357 g/mol. The third-order valence-electron chi connectivity index (χ3n) is 4.79. The molecule has 0 bridgehead atoms. The van der Waals surface area contributed by atoms with Crippen molar-refractivity contribution in [3.8, 4) is 11.1 Å². The maximum Gasteiger partial charge on any atom is 0.252 e. The normalized spacial score (nSPS) is 15.2. The molecule has 1 fully saturated rings. The fourth-order valence-electron chi connectivity index (χ4n) is 3.70. The highest BCUT2D eigenvalue weighted by Gasteiger charge is 2.28. The topological polar surface area (TPSA) is 91.8 Å². The second kappa shape index (κ2) is 6.90. The predicted molar refractivity (Wildman–Crippen MR) is 95.8 cm³/mol. The van der Waals surface area contributed by atoms with E-state index in [-0.39, 0.29) is 22.3 Å². The Bertz CT molecular complexity index is 999. The van der Waals surface area contributed by atoms with Crippen LogP contribution in [-0.4, -0.2) is 19.6 Å². The van der Waals surface area contributed by atoms with Gasteiger partial charge in [0.05, 0.1) is 10.7 Å². The van der Waals surface area contributed by atoms with Crippen molar-refractivity contribution in [2.45, 2.75) is 38.0 Å². The lowest BCUT2D eigenvalue weighted by Crippen LogP contribution is -2.13. The lowest BCUT2D eigenvalue weighted by atomic mass is 9.83. The molecule has 26 heavy (non-hydrogen) atoms. The Kier molecular flexibility index (Phi) is 4.44. The van der Waals surface area contributed by atoms with Crippen molar-refractivity contribution >= 4 is 23.2 Å². The quantitative estimate of drug-likeness (QED) is 0.342. The number of halogens is 2. The van der Waals surface area contributed by atoms with Crippen LogP contribution in [0.3, 0.4) is 0 Å². The maximum atomic E-state index is 14.7. The van der Waals surface area contributed by atoms with Gasteiger partial charge in [0, 0.05) is 22.0 Å². The summed E-state index contributed by atoms with van der Waals surface area (Å²) in [5.74, 6) is 0.0317. The van der Waals surface area contributed by atoms with Gasteiger partial charge >= 0.3 is 0 Å². The highest BCUT2D eigenvalue weighted by molar-refractivity contribution is 6.33. The smallest absolute Gasteiger partial charge is 0.209 e. The number of hydrogen-bond donors (Lipinski definition) is 0. The monoisotopic (exact) mass is 371 g/mol. The Balaban J connectivity index is 2.11. The first-order valence-electron chi connectivity index (χ1n) is 8.44. The summed E-state index contributed by atoms with van der Waals surface area (Å²) < 4.78 is 16.4. The highest BCUT2D eigenvalue weighted by atomic mass is 35.5. The van der Waals surface area contributed by atoms with E-state index in [0.717, 1.165) is 31.4 Å². The number of rotatable bonds is 3. The van der Waals surface area contributed by atoms with E-state index in [0.29, 0.717) is 11.3 Å².